The molecular formula is C14H14FNO2. The fourth-order valence-corrected chi connectivity index (χ4v) is 1.79. The van der Waals surface area contributed by atoms with Crippen LogP contribution in [0.25, 0.3) is 0 Å². The molecule has 2 aromatic carbocycles. The number of hydrogen-bond acceptors (Lipinski definition) is 3. The first kappa shape index (κ1) is 12.2. The molecule has 0 aliphatic heterocycles. The number of aromatic hydroxyl groups is 2. The second kappa shape index (κ2) is 4.96. The fraction of sp³-hybridized carbons (Fsp3) is 0.143. The average Bonchev–Trinajstić information content (AvgIpc) is 2.32. The van der Waals surface area contributed by atoms with E-state index in [4.69, 9.17) is 0 Å². The number of phenolic OH excluding ortho intramolecular Hbond substituents is 2. The summed E-state index contributed by atoms with van der Waals surface area (Å²) in [6, 6.07) is 10.4. The molecule has 2 aromatic rings. The largest absolute Gasteiger partial charge is 0.508 e. The summed E-state index contributed by atoms with van der Waals surface area (Å²) in [5, 5.41) is 21.9. The van der Waals surface area contributed by atoms with Crippen molar-refractivity contribution in [1.29, 1.82) is 0 Å². The zero-order chi connectivity index (χ0) is 13.1. The van der Waals surface area contributed by atoms with Crippen molar-refractivity contribution in [3.05, 3.63) is 53.8 Å². The molecular weight excluding hydrogens is 233 g/mol. The van der Waals surface area contributed by atoms with Gasteiger partial charge in [-0.25, -0.2) is 4.39 Å². The van der Waals surface area contributed by atoms with Crippen LogP contribution in [-0.2, 0) is 0 Å². The second-order valence-electron chi connectivity index (χ2n) is 4.09. The van der Waals surface area contributed by atoms with Crippen LogP contribution in [0.4, 0.5) is 10.1 Å². The zero-order valence-corrected chi connectivity index (χ0v) is 9.89. The molecule has 0 fully saturated rings. The van der Waals surface area contributed by atoms with Crippen molar-refractivity contribution < 1.29 is 14.6 Å². The molecule has 2 rings (SSSR count). The Labute approximate surface area is 105 Å². The summed E-state index contributed by atoms with van der Waals surface area (Å²) in [7, 11) is 0. The van der Waals surface area contributed by atoms with Crippen LogP contribution in [-0.4, -0.2) is 10.2 Å². The number of para-hydroxylation sites is 1. The van der Waals surface area contributed by atoms with Crippen LogP contribution in [0.5, 0.6) is 11.5 Å². The van der Waals surface area contributed by atoms with E-state index in [-0.39, 0.29) is 23.4 Å². The predicted octanol–water partition coefficient (Wildman–Crippen LogP) is 3.41. The second-order valence-corrected chi connectivity index (χ2v) is 4.09. The van der Waals surface area contributed by atoms with E-state index in [1.54, 1.807) is 31.2 Å². The van der Waals surface area contributed by atoms with E-state index >= 15 is 0 Å². The van der Waals surface area contributed by atoms with Crippen molar-refractivity contribution in [3.63, 3.8) is 0 Å². The minimum Gasteiger partial charge on any atom is -0.508 e. The molecule has 0 bridgehead atoms. The predicted molar refractivity (Wildman–Crippen MR) is 68.2 cm³/mol. The van der Waals surface area contributed by atoms with Gasteiger partial charge in [0.25, 0.3) is 0 Å². The standard InChI is InChI=1S/C14H14FNO2/c1-9(11-7-6-10(17)8-14(11)18)16-13-5-3-2-4-12(13)15/h2-9,16-18H,1H3. The normalized spacial score (nSPS) is 12.1. The van der Waals surface area contributed by atoms with Gasteiger partial charge in [-0.1, -0.05) is 12.1 Å². The van der Waals surface area contributed by atoms with Gasteiger partial charge in [-0.05, 0) is 31.2 Å². The van der Waals surface area contributed by atoms with Crippen molar-refractivity contribution in [2.24, 2.45) is 0 Å². The Morgan fingerprint density at radius 2 is 1.83 bits per heavy atom. The third-order valence-corrected chi connectivity index (χ3v) is 2.73. The molecule has 0 aliphatic carbocycles. The molecule has 1 unspecified atom stereocenters. The van der Waals surface area contributed by atoms with Crippen LogP contribution >= 0.6 is 0 Å². The van der Waals surface area contributed by atoms with Crippen LogP contribution in [0.1, 0.15) is 18.5 Å². The number of phenols is 2. The minimum absolute atomic E-state index is 0.00524. The molecule has 0 saturated heterocycles. The molecule has 0 amide bonds. The van der Waals surface area contributed by atoms with E-state index in [9.17, 15) is 14.6 Å². The molecule has 94 valence electrons. The lowest BCUT2D eigenvalue weighted by molar-refractivity contribution is 0.444. The topological polar surface area (TPSA) is 52.5 Å². The van der Waals surface area contributed by atoms with Crippen molar-refractivity contribution in [2.45, 2.75) is 13.0 Å². The van der Waals surface area contributed by atoms with E-state index in [0.717, 1.165) is 0 Å². The van der Waals surface area contributed by atoms with Gasteiger partial charge < -0.3 is 15.5 Å². The summed E-state index contributed by atoms with van der Waals surface area (Å²) in [6.07, 6.45) is 0. The third kappa shape index (κ3) is 2.53. The molecule has 3 nitrogen and oxygen atoms in total. The highest BCUT2D eigenvalue weighted by atomic mass is 19.1. The molecule has 3 N–H and O–H groups in total. The van der Waals surface area contributed by atoms with Crippen LogP contribution in [0, 0.1) is 5.82 Å². The Morgan fingerprint density at radius 1 is 1.11 bits per heavy atom. The summed E-state index contributed by atoms with van der Waals surface area (Å²) in [5.74, 6) is -0.372. The Balaban J connectivity index is 2.22. The highest BCUT2D eigenvalue weighted by Gasteiger charge is 2.12. The van der Waals surface area contributed by atoms with Crippen LogP contribution < -0.4 is 5.32 Å². The molecule has 0 spiro atoms. The van der Waals surface area contributed by atoms with E-state index in [1.807, 2.05) is 0 Å². The maximum Gasteiger partial charge on any atom is 0.146 e. The first-order chi connectivity index (χ1) is 8.58. The third-order valence-electron chi connectivity index (χ3n) is 2.73. The molecule has 18 heavy (non-hydrogen) atoms. The fourth-order valence-electron chi connectivity index (χ4n) is 1.79. The summed E-state index contributed by atoms with van der Waals surface area (Å²) >= 11 is 0. The van der Waals surface area contributed by atoms with E-state index in [1.165, 1.54) is 18.2 Å². The molecule has 0 aromatic heterocycles. The van der Waals surface area contributed by atoms with E-state index in [2.05, 4.69) is 5.32 Å². The maximum atomic E-state index is 13.5. The lowest BCUT2D eigenvalue weighted by Gasteiger charge is -2.17. The van der Waals surface area contributed by atoms with Crippen molar-refractivity contribution in [2.75, 3.05) is 5.32 Å². The highest BCUT2D eigenvalue weighted by Crippen LogP contribution is 2.30. The van der Waals surface area contributed by atoms with Gasteiger partial charge in [0.2, 0.25) is 0 Å². The average molecular weight is 247 g/mol. The van der Waals surface area contributed by atoms with Gasteiger partial charge in [-0.2, -0.15) is 0 Å². The van der Waals surface area contributed by atoms with Crippen LogP contribution in [0.15, 0.2) is 42.5 Å². The van der Waals surface area contributed by atoms with E-state index < -0.39 is 0 Å². The summed E-state index contributed by atoms with van der Waals surface area (Å²) in [4.78, 5) is 0. The number of anilines is 1. The van der Waals surface area contributed by atoms with Gasteiger partial charge in [-0.15, -0.1) is 0 Å². The minimum atomic E-state index is -0.345. The quantitative estimate of drug-likeness (QED) is 0.779. The lowest BCUT2D eigenvalue weighted by atomic mass is 10.1. The summed E-state index contributed by atoms with van der Waals surface area (Å²) < 4.78 is 13.5. The number of rotatable bonds is 3. The number of hydrogen-bond donors (Lipinski definition) is 3. The Hall–Kier alpha value is -2.23. The molecule has 1 atom stereocenters. The number of nitrogens with one attached hydrogen (secondary N) is 1. The van der Waals surface area contributed by atoms with Gasteiger partial charge in [-0.3, -0.25) is 0 Å². The van der Waals surface area contributed by atoms with E-state index in [0.29, 0.717) is 11.3 Å². The molecule has 0 aliphatic rings. The SMILES string of the molecule is CC(Nc1ccccc1F)c1ccc(O)cc1O. The van der Waals surface area contributed by atoms with Gasteiger partial charge in [0.1, 0.15) is 17.3 Å². The Morgan fingerprint density at radius 3 is 2.50 bits per heavy atom. The first-order valence-corrected chi connectivity index (χ1v) is 5.61. The van der Waals surface area contributed by atoms with Crippen molar-refractivity contribution in [1.82, 2.24) is 0 Å². The molecule has 4 heteroatoms. The van der Waals surface area contributed by atoms with Gasteiger partial charge in [0, 0.05) is 11.6 Å². The zero-order valence-electron chi connectivity index (χ0n) is 9.89. The highest BCUT2D eigenvalue weighted by molar-refractivity contribution is 5.49. The summed E-state index contributed by atoms with van der Waals surface area (Å²) in [5.41, 5.74) is 0.966. The van der Waals surface area contributed by atoms with Crippen LogP contribution in [0.2, 0.25) is 0 Å². The van der Waals surface area contributed by atoms with Crippen molar-refractivity contribution in [3.8, 4) is 11.5 Å². The summed E-state index contributed by atoms with van der Waals surface area (Å²) in [6.45, 7) is 1.80. The van der Waals surface area contributed by atoms with Crippen LogP contribution in [0.3, 0.4) is 0 Å². The van der Waals surface area contributed by atoms with Gasteiger partial charge in [0.15, 0.2) is 0 Å². The monoisotopic (exact) mass is 247 g/mol. The lowest BCUT2D eigenvalue weighted by Crippen LogP contribution is -2.08. The first-order valence-electron chi connectivity index (χ1n) is 5.61. The number of halogens is 1. The van der Waals surface area contributed by atoms with Crippen molar-refractivity contribution >= 4 is 5.69 Å². The van der Waals surface area contributed by atoms with Gasteiger partial charge in [0.05, 0.1) is 11.7 Å². The molecule has 0 saturated carbocycles. The Bertz CT molecular complexity index is 557. The van der Waals surface area contributed by atoms with Gasteiger partial charge >= 0.3 is 0 Å². The molecule has 0 heterocycles. The maximum absolute atomic E-state index is 13.5. The smallest absolute Gasteiger partial charge is 0.146 e. The Kier molecular flexibility index (Phi) is 3.37. The number of benzene rings is 2. The molecule has 0 radical (unpaired) electrons.